The van der Waals surface area contributed by atoms with Crippen molar-refractivity contribution in [3.63, 3.8) is 0 Å². The van der Waals surface area contributed by atoms with Gasteiger partial charge in [-0.3, -0.25) is 0 Å². The molecule has 166 valence electrons. The largest absolute Gasteiger partial charge is 0.440 e. The second-order valence-corrected chi connectivity index (χ2v) is 12.1. The van der Waals surface area contributed by atoms with Gasteiger partial charge in [-0.05, 0) is 33.5 Å². The Morgan fingerprint density at radius 1 is 0.719 bits per heavy atom. The van der Waals surface area contributed by atoms with Gasteiger partial charge in [-0.2, -0.15) is 4.98 Å². The first-order valence-electron chi connectivity index (χ1n) is 11.6. The zero-order valence-electron chi connectivity index (χ0n) is 21.0. The smallest absolute Gasteiger partial charge is 0.255 e. The maximum absolute atomic E-state index is 6.45. The summed E-state index contributed by atoms with van der Waals surface area (Å²) in [4.78, 5) is 9.64. The van der Waals surface area contributed by atoms with Gasteiger partial charge in [0.25, 0.3) is 6.71 Å². The Bertz CT molecular complexity index is 1100. The second-order valence-electron chi connectivity index (χ2n) is 12.1. The average Bonchev–Trinajstić information content (AvgIpc) is 2.69. The minimum absolute atomic E-state index is 0.0408. The molecule has 1 aliphatic heterocycles. The molecule has 0 aliphatic carbocycles. The van der Waals surface area contributed by atoms with Crippen molar-refractivity contribution in [2.24, 2.45) is 0 Å². The lowest BCUT2D eigenvalue weighted by molar-refractivity contribution is 0.448. The third-order valence-electron chi connectivity index (χ3n) is 6.25. The summed E-state index contributed by atoms with van der Waals surface area (Å²) in [6, 6.07) is 15.6. The van der Waals surface area contributed by atoms with E-state index in [9.17, 15) is 0 Å². The summed E-state index contributed by atoms with van der Waals surface area (Å²) in [5, 5.41) is 0. The van der Waals surface area contributed by atoms with Crippen LogP contribution in [0.2, 0.25) is 0 Å². The standard InChI is InChI=1S/C28H35BN2O/c1-26(2,3)18-11-10-12-20(15-18)29-21-14-13-19(27(4,5)6)16-23(21)32-24-22(29)17-30-25(31-24)28(7,8)9/h10-17H,1-9H3. The van der Waals surface area contributed by atoms with Crippen molar-refractivity contribution in [2.75, 3.05) is 0 Å². The molecular formula is C28H35BN2O. The van der Waals surface area contributed by atoms with E-state index in [1.807, 2.05) is 6.20 Å². The molecule has 3 aromatic rings. The number of nitrogens with zero attached hydrogens (tertiary/aromatic N) is 2. The van der Waals surface area contributed by atoms with E-state index in [-0.39, 0.29) is 23.0 Å². The van der Waals surface area contributed by atoms with Crippen molar-refractivity contribution in [3.05, 3.63) is 65.6 Å². The summed E-state index contributed by atoms with van der Waals surface area (Å²) in [7, 11) is 0. The monoisotopic (exact) mass is 426 g/mol. The highest BCUT2D eigenvalue weighted by Gasteiger charge is 2.36. The highest BCUT2D eigenvalue weighted by Crippen LogP contribution is 2.30. The fraction of sp³-hybridized carbons (Fsp3) is 0.429. The molecule has 32 heavy (non-hydrogen) atoms. The van der Waals surface area contributed by atoms with E-state index in [1.54, 1.807) is 0 Å². The summed E-state index contributed by atoms with van der Waals surface area (Å²) in [6.07, 6.45) is 1.97. The normalized spacial score (nSPS) is 14.0. The van der Waals surface area contributed by atoms with E-state index in [1.165, 1.54) is 22.1 Å². The van der Waals surface area contributed by atoms with Crippen LogP contribution in [0.4, 0.5) is 0 Å². The van der Waals surface area contributed by atoms with Crippen molar-refractivity contribution in [1.29, 1.82) is 0 Å². The third kappa shape index (κ3) is 4.20. The van der Waals surface area contributed by atoms with Crippen LogP contribution in [0.3, 0.4) is 0 Å². The maximum atomic E-state index is 6.45. The molecule has 0 saturated carbocycles. The first-order chi connectivity index (χ1) is 14.7. The van der Waals surface area contributed by atoms with Crippen molar-refractivity contribution in [1.82, 2.24) is 9.97 Å². The Morgan fingerprint density at radius 2 is 1.38 bits per heavy atom. The van der Waals surface area contributed by atoms with Crippen LogP contribution >= 0.6 is 0 Å². The van der Waals surface area contributed by atoms with Gasteiger partial charge in [0, 0.05) is 17.1 Å². The molecule has 4 rings (SSSR count). The van der Waals surface area contributed by atoms with Crippen LogP contribution in [0.1, 0.15) is 79.3 Å². The summed E-state index contributed by atoms with van der Waals surface area (Å²) < 4.78 is 6.45. The summed E-state index contributed by atoms with van der Waals surface area (Å²) >= 11 is 0. The van der Waals surface area contributed by atoms with Crippen LogP contribution in [0.25, 0.3) is 0 Å². The SMILES string of the molecule is CC(C)(C)c1cccc(B2c3ccc(C(C)(C)C)cc3Oc3nc(C(C)(C)C)ncc32)c1. The molecule has 0 N–H and O–H groups in total. The van der Waals surface area contributed by atoms with Crippen LogP contribution in [-0.4, -0.2) is 16.7 Å². The van der Waals surface area contributed by atoms with E-state index in [0.717, 1.165) is 17.0 Å². The molecular weight excluding hydrogens is 391 g/mol. The van der Waals surface area contributed by atoms with Gasteiger partial charge in [0.15, 0.2) is 0 Å². The van der Waals surface area contributed by atoms with Crippen molar-refractivity contribution in [2.45, 2.75) is 78.6 Å². The lowest BCUT2D eigenvalue weighted by Gasteiger charge is -2.30. The zero-order chi connectivity index (χ0) is 23.5. The molecule has 4 heteroatoms. The summed E-state index contributed by atoms with van der Waals surface area (Å²) in [5.74, 6) is 2.37. The molecule has 1 aromatic heterocycles. The Kier molecular flexibility index (Phi) is 5.27. The Hall–Kier alpha value is -2.62. The van der Waals surface area contributed by atoms with Gasteiger partial charge in [0.1, 0.15) is 11.6 Å². The molecule has 0 spiro atoms. The average molecular weight is 426 g/mol. The molecule has 0 atom stereocenters. The van der Waals surface area contributed by atoms with Crippen LogP contribution < -0.4 is 21.1 Å². The van der Waals surface area contributed by atoms with Crippen LogP contribution in [-0.2, 0) is 16.2 Å². The minimum atomic E-state index is -0.145. The lowest BCUT2D eigenvalue weighted by atomic mass is 9.36. The van der Waals surface area contributed by atoms with Crippen molar-refractivity contribution in [3.8, 4) is 11.6 Å². The van der Waals surface area contributed by atoms with E-state index in [0.29, 0.717) is 5.88 Å². The number of ether oxygens (including phenoxy) is 1. The Balaban J connectivity index is 1.94. The van der Waals surface area contributed by atoms with Gasteiger partial charge in [0.05, 0.1) is 0 Å². The van der Waals surface area contributed by atoms with Crippen LogP contribution in [0, 0.1) is 0 Å². The minimum Gasteiger partial charge on any atom is -0.440 e. The number of benzene rings is 2. The van der Waals surface area contributed by atoms with Gasteiger partial charge < -0.3 is 4.74 Å². The Labute approximate surface area is 193 Å². The number of aromatic nitrogens is 2. The summed E-state index contributed by atoms with van der Waals surface area (Å²) in [5.41, 5.74) is 6.00. The fourth-order valence-corrected chi connectivity index (χ4v) is 4.16. The predicted molar refractivity (Wildman–Crippen MR) is 136 cm³/mol. The van der Waals surface area contributed by atoms with E-state index < -0.39 is 0 Å². The van der Waals surface area contributed by atoms with E-state index in [4.69, 9.17) is 14.7 Å². The second kappa shape index (κ2) is 7.47. The topological polar surface area (TPSA) is 35.0 Å². The Morgan fingerprint density at radius 3 is 2.00 bits per heavy atom. The van der Waals surface area contributed by atoms with Crippen LogP contribution in [0.5, 0.6) is 11.6 Å². The van der Waals surface area contributed by atoms with E-state index in [2.05, 4.69) is 105 Å². The van der Waals surface area contributed by atoms with Gasteiger partial charge in [-0.25, -0.2) is 4.98 Å². The van der Waals surface area contributed by atoms with Crippen molar-refractivity contribution >= 4 is 23.1 Å². The molecule has 3 nitrogen and oxygen atoms in total. The number of rotatable bonds is 1. The molecule has 0 radical (unpaired) electrons. The molecule has 0 saturated heterocycles. The highest BCUT2D eigenvalue weighted by molar-refractivity contribution is 6.96. The zero-order valence-corrected chi connectivity index (χ0v) is 21.0. The first-order valence-corrected chi connectivity index (χ1v) is 11.6. The van der Waals surface area contributed by atoms with Crippen LogP contribution in [0.15, 0.2) is 48.7 Å². The molecule has 0 unspecified atom stereocenters. The highest BCUT2D eigenvalue weighted by atomic mass is 16.5. The number of hydrogen-bond acceptors (Lipinski definition) is 3. The first kappa shape index (κ1) is 22.6. The predicted octanol–water partition coefficient (Wildman–Crippen LogP) is 4.99. The van der Waals surface area contributed by atoms with E-state index >= 15 is 0 Å². The summed E-state index contributed by atoms with van der Waals surface area (Å²) in [6.45, 7) is 19.9. The molecule has 0 fully saturated rings. The molecule has 1 aliphatic rings. The van der Waals surface area contributed by atoms with Gasteiger partial charge >= 0.3 is 0 Å². The molecule has 0 amide bonds. The maximum Gasteiger partial charge on any atom is 0.255 e. The third-order valence-corrected chi connectivity index (χ3v) is 6.25. The molecule has 0 bridgehead atoms. The van der Waals surface area contributed by atoms with Gasteiger partial charge in [-0.15, -0.1) is 0 Å². The molecule has 2 heterocycles. The number of hydrogen-bond donors (Lipinski definition) is 0. The molecule has 2 aromatic carbocycles. The van der Waals surface area contributed by atoms with Gasteiger partial charge in [0.2, 0.25) is 5.88 Å². The van der Waals surface area contributed by atoms with Gasteiger partial charge in [-0.1, -0.05) is 104 Å². The fourth-order valence-electron chi connectivity index (χ4n) is 4.16. The quantitative estimate of drug-likeness (QED) is 0.402. The number of fused-ring (bicyclic) bond motifs is 2. The lowest BCUT2D eigenvalue weighted by Crippen LogP contribution is -2.55. The van der Waals surface area contributed by atoms with Crippen molar-refractivity contribution < 1.29 is 4.74 Å².